The van der Waals surface area contributed by atoms with Gasteiger partial charge in [0.25, 0.3) is 5.91 Å². The fourth-order valence-electron chi connectivity index (χ4n) is 2.41. The number of carbonyl (C=O) groups is 1. The van der Waals surface area contributed by atoms with Crippen molar-refractivity contribution in [2.45, 2.75) is 0 Å². The summed E-state index contributed by atoms with van der Waals surface area (Å²) in [4.78, 5) is 16.1. The van der Waals surface area contributed by atoms with E-state index in [-0.39, 0.29) is 5.91 Å². The van der Waals surface area contributed by atoms with Crippen molar-refractivity contribution in [3.63, 3.8) is 0 Å². The highest BCUT2D eigenvalue weighted by Gasteiger charge is 2.29. The summed E-state index contributed by atoms with van der Waals surface area (Å²) in [6.07, 6.45) is 1.98. The van der Waals surface area contributed by atoms with Gasteiger partial charge < -0.3 is 14.5 Å². The fourth-order valence-corrected chi connectivity index (χ4v) is 2.41. The molecule has 4 nitrogen and oxygen atoms in total. The van der Waals surface area contributed by atoms with Crippen LogP contribution in [0.5, 0.6) is 0 Å². The summed E-state index contributed by atoms with van der Waals surface area (Å²) in [6.45, 7) is 3.16. The lowest BCUT2D eigenvalue weighted by atomic mass is 10.1. The Hall–Kier alpha value is -1.81. The molecule has 2 aliphatic heterocycles. The molecule has 0 bridgehead atoms. The van der Waals surface area contributed by atoms with Gasteiger partial charge in [-0.15, -0.1) is 0 Å². The lowest BCUT2D eigenvalue weighted by molar-refractivity contribution is -0.112. The van der Waals surface area contributed by atoms with Gasteiger partial charge in [0, 0.05) is 31.9 Å². The summed E-state index contributed by atoms with van der Waals surface area (Å²) < 4.78 is 5.32. The summed E-state index contributed by atoms with van der Waals surface area (Å²) in [5, 5.41) is 0. The maximum absolute atomic E-state index is 12.2. The predicted molar refractivity (Wildman–Crippen MR) is 70.2 cm³/mol. The van der Waals surface area contributed by atoms with Gasteiger partial charge in [-0.25, -0.2) is 0 Å². The van der Waals surface area contributed by atoms with Crippen molar-refractivity contribution in [3.8, 4) is 0 Å². The van der Waals surface area contributed by atoms with Crippen molar-refractivity contribution in [2.24, 2.45) is 0 Å². The van der Waals surface area contributed by atoms with Crippen molar-refractivity contribution < 1.29 is 9.53 Å². The van der Waals surface area contributed by atoms with Crippen molar-refractivity contribution in [1.29, 1.82) is 0 Å². The smallest absolute Gasteiger partial charge is 0.260 e. The molecule has 94 valence electrons. The number of amides is 1. The van der Waals surface area contributed by atoms with Gasteiger partial charge in [-0.3, -0.25) is 4.79 Å². The maximum atomic E-state index is 12.2. The Bertz CT molecular complexity index is 504. The van der Waals surface area contributed by atoms with Crippen LogP contribution in [0, 0.1) is 0 Å². The molecular weight excluding hydrogens is 228 g/mol. The lowest BCUT2D eigenvalue weighted by Gasteiger charge is -2.25. The minimum atomic E-state index is 0.0719. The molecule has 18 heavy (non-hydrogen) atoms. The van der Waals surface area contributed by atoms with E-state index in [4.69, 9.17) is 4.74 Å². The number of fused-ring (bicyclic) bond motifs is 1. The molecule has 1 aromatic rings. The zero-order valence-electron chi connectivity index (χ0n) is 10.4. The van der Waals surface area contributed by atoms with E-state index in [9.17, 15) is 4.79 Å². The first-order valence-electron chi connectivity index (χ1n) is 6.18. The molecule has 0 spiro atoms. The molecule has 3 rings (SSSR count). The van der Waals surface area contributed by atoms with Crippen molar-refractivity contribution in [3.05, 3.63) is 36.0 Å². The highest BCUT2D eigenvalue weighted by atomic mass is 16.5. The molecule has 0 aliphatic carbocycles. The Morgan fingerprint density at radius 2 is 1.94 bits per heavy atom. The largest absolute Gasteiger partial charge is 0.378 e. The van der Waals surface area contributed by atoms with Gasteiger partial charge in [0.05, 0.1) is 24.5 Å². The molecule has 0 atom stereocenters. The number of hydrogen-bond acceptors (Lipinski definition) is 3. The topological polar surface area (TPSA) is 32.8 Å². The van der Waals surface area contributed by atoms with E-state index in [1.54, 1.807) is 4.90 Å². The highest BCUT2D eigenvalue weighted by Crippen LogP contribution is 2.35. The first-order valence-corrected chi connectivity index (χ1v) is 6.18. The van der Waals surface area contributed by atoms with E-state index in [1.165, 1.54) is 0 Å². The summed E-state index contributed by atoms with van der Waals surface area (Å²) in [6, 6.07) is 7.91. The fraction of sp³-hybridized carbons (Fsp3) is 0.357. The predicted octanol–water partition coefficient (Wildman–Crippen LogP) is 1.34. The number of nitrogens with zero attached hydrogens (tertiary/aromatic N) is 2. The third-order valence-corrected chi connectivity index (χ3v) is 3.45. The summed E-state index contributed by atoms with van der Waals surface area (Å²) in [7, 11) is 1.82. The van der Waals surface area contributed by atoms with Crippen LogP contribution in [0.1, 0.15) is 5.56 Å². The van der Waals surface area contributed by atoms with Crippen LogP contribution in [0.4, 0.5) is 5.69 Å². The van der Waals surface area contributed by atoms with Gasteiger partial charge in [-0.05, 0) is 6.07 Å². The summed E-state index contributed by atoms with van der Waals surface area (Å²) in [5.74, 6) is 0.0719. The number of morpholine rings is 1. The number of benzene rings is 1. The molecule has 1 saturated heterocycles. The molecule has 0 saturated carbocycles. The minimum absolute atomic E-state index is 0.0719. The summed E-state index contributed by atoms with van der Waals surface area (Å²) >= 11 is 0. The van der Waals surface area contributed by atoms with Gasteiger partial charge in [0.15, 0.2) is 0 Å². The molecule has 1 aromatic carbocycles. The maximum Gasteiger partial charge on any atom is 0.260 e. The van der Waals surface area contributed by atoms with Crippen LogP contribution in [0.25, 0.3) is 5.57 Å². The van der Waals surface area contributed by atoms with E-state index in [0.29, 0.717) is 0 Å². The number of ether oxygens (including phenoxy) is 1. The Balaban J connectivity index is 1.96. The van der Waals surface area contributed by atoms with Gasteiger partial charge in [0.1, 0.15) is 0 Å². The third kappa shape index (κ3) is 1.78. The molecule has 1 fully saturated rings. The van der Waals surface area contributed by atoms with E-state index >= 15 is 0 Å². The molecule has 2 heterocycles. The third-order valence-electron chi connectivity index (χ3n) is 3.45. The van der Waals surface area contributed by atoms with Crippen LogP contribution in [0.2, 0.25) is 0 Å². The SMILES string of the molecule is CN1C(=O)/C(=C\N2CCOCC2)c2ccccc21. The first-order chi connectivity index (χ1) is 8.77. The number of rotatable bonds is 1. The Labute approximate surface area is 106 Å². The Morgan fingerprint density at radius 3 is 2.72 bits per heavy atom. The van der Waals surface area contributed by atoms with E-state index in [1.807, 2.05) is 37.5 Å². The number of carbonyl (C=O) groups excluding carboxylic acids is 1. The second-order valence-electron chi connectivity index (χ2n) is 4.57. The second kappa shape index (κ2) is 4.46. The van der Waals surface area contributed by atoms with Crippen LogP contribution in [0.3, 0.4) is 0 Å². The van der Waals surface area contributed by atoms with Gasteiger partial charge >= 0.3 is 0 Å². The number of anilines is 1. The minimum Gasteiger partial charge on any atom is -0.378 e. The van der Waals surface area contributed by atoms with Crippen LogP contribution in [-0.2, 0) is 9.53 Å². The lowest BCUT2D eigenvalue weighted by Crippen LogP contribution is -2.33. The molecule has 0 N–H and O–H groups in total. The summed E-state index contributed by atoms with van der Waals surface area (Å²) in [5.41, 5.74) is 2.80. The zero-order valence-corrected chi connectivity index (χ0v) is 10.4. The van der Waals surface area contributed by atoms with Crippen LogP contribution >= 0.6 is 0 Å². The van der Waals surface area contributed by atoms with Crippen molar-refractivity contribution in [2.75, 3.05) is 38.3 Å². The molecule has 4 heteroatoms. The van der Waals surface area contributed by atoms with Gasteiger partial charge in [-0.2, -0.15) is 0 Å². The Morgan fingerprint density at radius 1 is 1.22 bits per heavy atom. The van der Waals surface area contributed by atoms with Gasteiger partial charge in [-0.1, -0.05) is 18.2 Å². The van der Waals surface area contributed by atoms with E-state index in [2.05, 4.69) is 4.90 Å². The average molecular weight is 244 g/mol. The second-order valence-corrected chi connectivity index (χ2v) is 4.57. The molecule has 1 amide bonds. The monoisotopic (exact) mass is 244 g/mol. The first kappa shape index (κ1) is 11.3. The molecule has 0 unspecified atom stereocenters. The normalized spacial score (nSPS) is 21.6. The van der Waals surface area contributed by atoms with Crippen molar-refractivity contribution in [1.82, 2.24) is 4.90 Å². The molecular formula is C14H16N2O2. The highest BCUT2D eigenvalue weighted by molar-refractivity contribution is 6.32. The number of para-hydroxylation sites is 1. The zero-order chi connectivity index (χ0) is 12.5. The molecule has 2 aliphatic rings. The number of hydrogen-bond donors (Lipinski definition) is 0. The molecule has 0 aromatic heterocycles. The quantitative estimate of drug-likeness (QED) is 0.699. The number of likely N-dealkylation sites (N-methyl/N-ethyl adjacent to an activating group) is 1. The van der Waals surface area contributed by atoms with Gasteiger partial charge in [0.2, 0.25) is 0 Å². The van der Waals surface area contributed by atoms with E-state index in [0.717, 1.165) is 43.1 Å². The van der Waals surface area contributed by atoms with Crippen molar-refractivity contribution >= 4 is 17.2 Å². The Kier molecular flexibility index (Phi) is 2.80. The van der Waals surface area contributed by atoms with Crippen LogP contribution in [-0.4, -0.2) is 44.2 Å². The standard InChI is InChI=1S/C14H16N2O2/c1-15-13-5-3-2-4-11(13)12(14(15)17)10-16-6-8-18-9-7-16/h2-5,10H,6-9H2,1H3/b12-10-. The van der Waals surface area contributed by atoms with E-state index < -0.39 is 0 Å². The van der Waals surface area contributed by atoms with Crippen LogP contribution < -0.4 is 4.90 Å². The molecule has 0 radical (unpaired) electrons. The average Bonchev–Trinajstić information content (AvgIpc) is 2.66. The van der Waals surface area contributed by atoms with Crippen LogP contribution in [0.15, 0.2) is 30.5 Å².